The van der Waals surface area contributed by atoms with E-state index in [-0.39, 0.29) is 22.5 Å². The van der Waals surface area contributed by atoms with Crippen molar-refractivity contribution in [3.63, 3.8) is 0 Å². The highest BCUT2D eigenvalue weighted by atomic mass is 16.6. The smallest absolute Gasteiger partial charge is 0.335 e. The molecule has 0 saturated heterocycles. The van der Waals surface area contributed by atoms with Crippen LogP contribution in [0.5, 0.6) is 0 Å². The number of primary amides is 1. The lowest BCUT2D eigenvalue weighted by molar-refractivity contribution is -0.384. The fraction of sp³-hybridized carbons (Fsp3) is 0.0417. The highest BCUT2D eigenvalue weighted by Crippen LogP contribution is 2.36. The predicted octanol–water partition coefficient (Wildman–Crippen LogP) is 3.73. The van der Waals surface area contributed by atoms with E-state index >= 15 is 0 Å². The summed E-state index contributed by atoms with van der Waals surface area (Å²) in [5.41, 5.74) is 7.37. The molecule has 2 aromatic heterocycles. The van der Waals surface area contributed by atoms with Crippen LogP contribution in [0.15, 0.2) is 73.3 Å². The number of carbonyl (C=O) groups excluding carboxylic acids is 1. The third-order valence-electron chi connectivity index (χ3n) is 5.70. The van der Waals surface area contributed by atoms with Gasteiger partial charge in [-0.05, 0) is 42.0 Å². The van der Waals surface area contributed by atoms with E-state index in [1.54, 1.807) is 23.2 Å². The Hall–Kier alpha value is -4.99. The summed E-state index contributed by atoms with van der Waals surface area (Å²) < 4.78 is 3.55. The average Bonchev–Trinajstić information content (AvgIpc) is 3.43. The number of imidazole rings is 1. The molecule has 2 heterocycles. The van der Waals surface area contributed by atoms with E-state index < -0.39 is 16.8 Å². The van der Waals surface area contributed by atoms with Crippen LogP contribution >= 0.6 is 0 Å². The minimum atomic E-state index is -1.11. The van der Waals surface area contributed by atoms with Crippen molar-refractivity contribution in [2.75, 3.05) is 0 Å². The molecule has 1 amide bonds. The van der Waals surface area contributed by atoms with Crippen LogP contribution in [0, 0.1) is 10.1 Å². The van der Waals surface area contributed by atoms with Crippen LogP contribution < -0.4 is 5.73 Å². The number of hydrogen-bond donors (Lipinski definition) is 2. The van der Waals surface area contributed by atoms with Crippen LogP contribution in [0.1, 0.15) is 26.3 Å². The van der Waals surface area contributed by atoms with Crippen LogP contribution in [-0.2, 0) is 6.54 Å². The van der Waals surface area contributed by atoms with Gasteiger partial charge in [0.05, 0.1) is 27.8 Å². The molecule has 34 heavy (non-hydrogen) atoms. The summed E-state index contributed by atoms with van der Waals surface area (Å²) in [6.45, 7) is 0.573. The zero-order chi connectivity index (χ0) is 24.0. The number of rotatable bonds is 6. The molecule has 0 fully saturated rings. The van der Waals surface area contributed by atoms with Gasteiger partial charge in [0, 0.05) is 41.3 Å². The van der Waals surface area contributed by atoms with Crippen molar-refractivity contribution in [2.45, 2.75) is 6.54 Å². The Kier molecular flexibility index (Phi) is 4.82. The summed E-state index contributed by atoms with van der Waals surface area (Å²) in [4.78, 5) is 38.6. The molecule has 0 spiro atoms. The Labute approximate surface area is 191 Å². The highest BCUT2D eigenvalue weighted by molar-refractivity contribution is 6.11. The molecular formula is C24H17N5O5. The lowest BCUT2D eigenvalue weighted by Crippen LogP contribution is -2.12. The van der Waals surface area contributed by atoms with Crippen molar-refractivity contribution < 1.29 is 19.6 Å². The Morgan fingerprint density at radius 3 is 2.47 bits per heavy atom. The SMILES string of the molecule is NC(=O)c1ccc(-n2c3ccc(Cn4ccnc4)cc3c3ccc(C(=O)O)cc32)c([N+](=O)[O-])c1. The molecule has 168 valence electrons. The van der Waals surface area contributed by atoms with Crippen molar-refractivity contribution in [3.8, 4) is 5.69 Å². The van der Waals surface area contributed by atoms with Gasteiger partial charge in [0.2, 0.25) is 5.91 Å². The molecule has 3 aromatic carbocycles. The van der Waals surface area contributed by atoms with Crippen LogP contribution in [0.2, 0.25) is 0 Å². The first-order valence-electron chi connectivity index (χ1n) is 10.2. The summed E-state index contributed by atoms with van der Waals surface area (Å²) >= 11 is 0. The fourth-order valence-electron chi connectivity index (χ4n) is 4.16. The second-order valence-electron chi connectivity index (χ2n) is 7.78. The first kappa shape index (κ1) is 20.9. The zero-order valence-electron chi connectivity index (χ0n) is 17.6. The molecule has 10 nitrogen and oxygen atoms in total. The van der Waals surface area contributed by atoms with Gasteiger partial charge in [0.25, 0.3) is 5.69 Å². The minimum Gasteiger partial charge on any atom is -0.478 e. The van der Waals surface area contributed by atoms with Gasteiger partial charge in [-0.25, -0.2) is 9.78 Å². The fourth-order valence-corrected chi connectivity index (χ4v) is 4.16. The molecule has 0 aliphatic carbocycles. The molecule has 0 aliphatic heterocycles. The van der Waals surface area contributed by atoms with E-state index in [0.29, 0.717) is 17.6 Å². The Morgan fingerprint density at radius 2 is 1.79 bits per heavy atom. The van der Waals surface area contributed by atoms with Gasteiger partial charge < -0.3 is 20.0 Å². The van der Waals surface area contributed by atoms with E-state index in [9.17, 15) is 24.8 Å². The maximum absolute atomic E-state index is 11.9. The number of carboxylic acids is 1. The maximum Gasteiger partial charge on any atom is 0.335 e. The molecule has 0 unspecified atom stereocenters. The molecule has 0 atom stereocenters. The van der Waals surface area contributed by atoms with Gasteiger partial charge in [0.1, 0.15) is 5.69 Å². The highest BCUT2D eigenvalue weighted by Gasteiger charge is 2.23. The van der Waals surface area contributed by atoms with E-state index in [2.05, 4.69) is 4.98 Å². The molecule has 3 N–H and O–H groups in total. The molecule has 0 aliphatic rings. The standard InChI is InChI=1S/C24H17N5O5/c25-23(30)15-3-6-20(22(10-15)29(33)34)28-19-5-1-14(12-27-8-7-26-13-27)9-18(19)17-4-2-16(24(31)32)11-21(17)28/h1-11,13H,12H2,(H2,25,30)(H,31,32). The number of amides is 1. The number of carboxylic acid groups (broad SMARTS) is 1. The molecular weight excluding hydrogens is 438 g/mol. The summed E-state index contributed by atoms with van der Waals surface area (Å²) in [6, 6.07) is 14.4. The van der Waals surface area contributed by atoms with Gasteiger partial charge in [-0.3, -0.25) is 14.9 Å². The number of nitrogens with two attached hydrogens (primary N) is 1. The number of nitro groups is 1. The van der Waals surface area contributed by atoms with Gasteiger partial charge in [-0.1, -0.05) is 12.1 Å². The Morgan fingerprint density at radius 1 is 1.00 bits per heavy atom. The van der Waals surface area contributed by atoms with E-state index in [1.165, 1.54) is 24.3 Å². The molecule has 5 aromatic rings. The normalized spacial score (nSPS) is 11.2. The number of aromatic nitrogens is 3. The number of nitro benzene ring substituents is 1. The molecule has 5 rings (SSSR count). The van der Waals surface area contributed by atoms with Crippen LogP contribution in [-0.4, -0.2) is 36.0 Å². The van der Waals surface area contributed by atoms with Gasteiger partial charge in [-0.2, -0.15) is 0 Å². The van der Waals surface area contributed by atoms with Crippen molar-refractivity contribution in [1.82, 2.24) is 14.1 Å². The van der Waals surface area contributed by atoms with Crippen molar-refractivity contribution in [3.05, 3.63) is 100 Å². The summed E-state index contributed by atoms with van der Waals surface area (Å²) in [5, 5.41) is 23.0. The quantitative estimate of drug-likeness (QED) is 0.295. The lowest BCUT2D eigenvalue weighted by atomic mass is 10.1. The third kappa shape index (κ3) is 3.43. The second kappa shape index (κ2) is 7.85. The number of benzene rings is 3. The number of hydrogen-bond acceptors (Lipinski definition) is 5. The van der Waals surface area contributed by atoms with Crippen molar-refractivity contribution in [1.29, 1.82) is 0 Å². The van der Waals surface area contributed by atoms with E-state index in [0.717, 1.165) is 22.4 Å². The largest absolute Gasteiger partial charge is 0.478 e. The number of nitrogens with zero attached hydrogens (tertiary/aromatic N) is 4. The van der Waals surface area contributed by atoms with Crippen molar-refractivity contribution >= 4 is 39.4 Å². The number of aromatic carboxylic acids is 1. The van der Waals surface area contributed by atoms with Crippen molar-refractivity contribution in [2.24, 2.45) is 5.73 Å². The molecule has 10 heteroatoms. The summed E-state index contributed by atoms with van der Waals surface area (Å²) in [6.07, 6.45) is 5.24. The van der Waals surface area contributed by atoms with Crippen LogP contribution in [0.4, 0.5) is 5.69 Å². The lowest BCUT2D eigenvalue weighted by Gasteiger charge is -2.10. The minimum absolute atomic E-state index is 0.00469. The zero-order valence-corrected chi connectivity index (χ0v) is 17.6. The molecule has 0 radical (unpaired) electrons. The Balaban J connectivity index is 1.82. The van der Waals surface area contributed by atoms with Crippen LogP contribution in [0.3, 0.4) is 0 Å². The van der Waals surface area contributed by atoms with E-state index in [4.69, 9.17) is 5.73 Å². The second-order valence-corrected chi connectivity index (χ2v) is 7.78. The first-order valence-corrected chi connectivity index (χ1v) is 10.2. The Bertz CT molecular complexity index is 1620. The van der Waals surface area contributed by atoms with Gasteiger partial charge in [-0.15, -0.1) is 0 Å². The average molecular weight is 455 g/mol. The number of fused-ring (bicyclic) bond motifs is 3. The predicted molar refractivity (Wildman–Crippen MR) is 124 cm³/mol. The molecule has 0 bridgehead atoms. The maximum atomic E-state index is 11.9. The third-order valence-corrected chi connectivity index (χ3v) is 5.70. The monoisotopic (exact) mass is 455 g/mol. The first-order chi connectivity index (χ1) is 16.3. The molecule has 0 saturated carbocycles. The van der Waals surface area contributed by atoms with Gasteiger partial charge in [0.15, 0.2) is 0 Å². The number of carbonyl (C=O) groups is 2. The van der Waals surface area contributed by atoms with Crippen LogP contribution in [0.25, 0.3) is 27.5 Å². The topological polar surface area (TPSA) is 146 Å². The summed E-state index contributed by atoms with van der Waals surface area (Å²) in [7, 11) is 0. The van der Waals surface area contributed by atoms with E-state index in [1.807, 2.05) is 29.0 Å². The summed E-state index contributed by atoms with van der Waals surface area (Å²) in [5.74, 6) is -1.90. The van der Waals surface area contributed by atoms with Gasteiger partial charge >= 0.3 is 5.97 Å².